The first kappa shape index (κ1) is 9.43. The summed E-state index contributed by atoms with van der Waals surface area (Å²) in [6.07, 6.45) is 0. The standard InChI is InChI=1S/C9H6ClNO2S/c1-5(12)11-7-4-2-3-6(10)8(7)14-9(11)13/h2-4H,1H3. The Morgan fingerprint density at radius 1 is 1.50 bits per heavy atom. The summed E-state index contributed by atoms with van der Waals surface area (Å²) in [5.41, 5.74) is 0.583. The molecule has 0 saturated carbocycles. The van der Waals surface area contributed by atoms with E-state index in [-0.39, 0.29) is 10.8 Å². The normalized spacial score (nSPS) is 10.7. The van der Waals surface area contributed by atoms with Crippen LogP contribution in [0, 0.1) is 0 Å². The fraction of sp³-hybridized carbons (Fsp3) is 0.111. The molecule has 0 atom stereocenters. The lowest BCUT2D eigenvalue weighted by Gasteiger charge is -1.96. The van der Waals surface area contributed by atoms with Gasteiger partial charge in [0.25, 0.3) is 0 Å². The van der Waals surface area contributed by atoms with Crippen molar-refractivity contribution in [3.8, 4) is 0 Å². The number of hydrogen-bond acceptors (Lipinski definition) is 3. The molecule has 2 aromatic rings. The Bertz CT molecular complexity index is 570. The van der Waals surface area contributed by atoms with Crippen LogP contribution >= 0.6 is 22.9 Å². The van der Waals surface area contributed by atoms with Crippen LogP contribution in [0.1, 0.15) is 11.7 Å². The van der Waals surface area contributed by atoms with E-state index in [2.05, 4.69) is 0 Å². The van der Waals surface area contributed by atoms with Crippen LogP contribution in [0.2, 0.25) is 5.02 Å². The molecule has 1 heterocycles. The molecule has 0 fully saturated rings. The number of benzene rings is 1. The first-order chi connectivity index (χ1) is 6.61. The predicted molar refractivity (Wildman–Crippen MR) is 57.4 cm³/mol. The summed E-state index contributed by atoms with van der Waals surface area (Å²) in [5.74, 6) is -0.288. The maximum absolute atomic E-state index is 11.4. The fourth-order valence-electron chi connectivity index (χ4n) is 1.30. The van der Waals surface area contributed by atoms with Gasteiger partial charge in [0.2, 0.25) is 5.91 Å². The number of nitrogens with zero attached hydrogens (tertiary/aromatic N) is 1. The van der Waals surface area contributed by atoms with Crippen LogP contribution in [0.3, 0.4) is 0 Å². The van der Waals surface area contributed by atoms with Gasteiger partial charge in [-0.05, 0) is 12.1 Å². The van der Waals surface area contributed by atoms with Crippen molar-refractivity contribution in [2.75, 3.05) is 0 Å². The van der Waals surface area contributed by atoms with E-state index < -0.39 is 0 Å². The van der Waals surface area contributed by atoms with Gasteiger partial charge in [0, 0.05) is 6.92 Å². The second kappa shape index (κ2) is 3.22. The first-order valence-electron chi connectivity index (χ1n) is 3.92. The molecule has 0 amide bonds. The SMILES string of the molecule is CC(=O)n1c(=O)sc2c(Cl)cccc21. The third-order valence-electron chi connectivity index (χ3n) is 1.87. The summed E-state index contributed by atoms with van der Waals surface area (Å²) in [5, 5.41) is 0.504. The van der Waals surface area contributed by atoms with Gasteiger partial charge in [0.05, 0.1) is 15.2 Å². The molecule has 1 aromatic carbocycles. The highest BCUT2D eigenvalue weighted by molar-refractivity contribution is 7.17. The number of halogens is 1. The molecular formula is C9H6ClNO2S. The van der Waals surface area contributed by atoms with Crippen molar-refractivity contribution >= 4 is 39.1 Å². The van der Waals surface area contributed by atoms with Crippen LogP contribution in [0.25, 0.3) is 10.2 Å². The van der Waals surface area contributed by atoms with Crippen molar-refractivity contribution in [3.63, 3.8) is 0 Å². The molecule has 72 valence electrons. The molecule has 0 radical (unpaired) electrons. The van der Waals surface area contributed by atoms with Crippen LogP contribution in [-0.2, 0) is 0 Å². The fourth-order valence-corrected chi connectivity index (χ4v) is 2.51. The van der Waals surface area contributed by atoms with Gasteiger partial charge >= 0.3 is 4.87 Å². The molecule has 2 rings (SSSR count). The minimum Gasteiger partial charge on any atom is -0.274 e. The van der Waals surface area contributed by atoms with Gasteiger partial charge in [-0.25, -0.2) is 4.57 Å². The molecule has 14 heavy (non-hydrogen) atoms. The zero-order valence-electron chi connectivity index (χ0n) is 7.28. The van der Waals surface area contributed by atoms with Gasteiger partial charge in [0.15, 0.2) is 0 Å². The second-order valence-electron chi connectivity index (χ2n) is 2.81. The zero-order valence-corrected chi connectivity index (χ0v) is 8.85. The third kappa shape index (κ3) is 1.27. The van der Waals surface area contributed by atoms with Gasteiger partial charge < -0.3 is 0 Å². The molecule has 0 N–H and O–H groups in total. The van der Waals surface area contributed by atoms with E-state index in [1.165, 1.54) is 6.92 Å². The lowest BCUT2D eigenvalue weighted by atomic mass is 10.3. The number of aromatic nitrogens is 1. The molecule has 0 bridgehead atoms. The highest BCUT2D eigenvalue weighted by Gasteiger charge is 2.12. The Hall–Kier alpha value is -1.13. The number of rotatable bonds is 0. The van der Waals surface area contributed by atoms with Gasteiger partial charge in [-0.1, -0.05) is 29.0 Å². The number of thiazole rings is 1. The van der Waals surface area contributed by atoms with E-state index in [4.69, 9.17) is 11.6 Å². The lowest BCUT2D eigenvalue weighted by molar-refractivity contribution is 0.0939. The monoisotopic (exact) mass is 227 g/mol. The summed E-state index contributed by atoms with van der Waals surface area (Å²) in [7, 11) is 0. The summed E-state index contributed by atoms with van der Waals surface area (Å²) in [4.78, 5) is 22.3. The van der Waals surface area contributed by atoms with E-state index >= 15 is 0 Å². The topological polar surface area (TPSA) is 39.1 Å². The molecule has 5 heteroatoms. The minimum absolute atomic E-state index is 0.288. The lowest BCUT2D eigenvalue weighted by Crippen LogP contribution is -2.18. The van der Waals surface area contributed by atoms with Crippen molar-refractivity contribution in [1.82, 2.24) is 4.57 Å². The van der Waals surface area contributed by atoms with E-state index in [1.54, 1.807) is 18.2 Å². The van der Waals surface area contributed by atoms with Crippen molar-refractivity contribution in [2.24, 2.45) is 0 Å². The summed E-state index contributed by atoms with van der Waals surface area (Å²) < 4.78 is 1.79. The number of fused-ring (bicyclic) bond motifs is 1. The summed E-state index contributed by atoms with van der Waals surface area (Å²) in [6.45, 7) is 1.36. The van der Waals surface area contributed by atoms with Crippen molar-refractivity contribution in [2.45, 2.75) is 6.92 Å². The Morgan fingerprint density at radius 3 is 2.86 bits per heavy atom. The largest absolute Gasteiger partial charge is 0.315 e. The number of carbonyl (C=O) groups excluding carboxylic acids is 1. The molecule has 1 aromatic heterocycles. The van der Waals surface area contributed by atoms with E-state index in [0.717, 1.165) is 15.9 Å². The zero-order chi connectivity index (χ0) is 10.3. The van der Waals surface area contributed by atoms with Crippen LogP contribution in [0.5, 0.6) is 0 Å². The average Bonchev–Trinajstić information content (AvgIpc) is 2.42. The Balaban J connectivity index is 2.98. The second-order valence-corrected chi connectivity index (χ2v) is 4.18. The van der Waals surface area contributed by atoms with Crippen molar-refractivity contribution < 1.29 is 4.79 Å². The van der Waals surface area contributed by atoms with Crippen LogP contribution in [-0.4, -0.2) is 10.5 Å². The van der Waals surface area contributed by atoms with E-state index in [0.29, 0.717) is 15.2 Å². The highest BCUT2D eigenvalue weighted by atomic mass is 35.5. The molecule has 3 nitrogen and oxygen atoms in total. The summed E-state index contributed by atoms with van der Waals surface area (Å²) >= 11 is 6.88. The van der Waals surface area contributed by atoms with Crippen molar-refractivity contribution in [1.29, 1.82) is 0 Å². The Morgan fingerprint density at radius 2 is 2.21 bits per heavy atom. The smallest absolute Gasteiger partial charge is 0.274 e. The molecule has 0 aliphatic heterocycles. The van der Waals surface area contributed by atoms with Gasteiger partial charge in [-0.2, -0.15) is 0 Å². The molecule has 0 unspecified atom stereocenters. The molecule has 0 aliphatic rings. The maximum atomic E-state index is 11.4. The van der Waals surface area contributed by atoms with Gasteiger partial charge in [-0.3, -0.25) is 9.59 Å². The number of carbonyl (C=O) groups is 1. The molecule has 0 saturated heterocycles. The van der Waals surface area contributed by atoms with Gasteiger partial charge in [0.1, 0.15) is 0 Å². The molecule has 0 spiro atoms. The van der Waals surface area contributed by atoms with Crippen LogP contribution in [0.4, 0.5) is 0 Å². The summed E-state index contributed by atoms with van der Waals surface area (Å²) in [6, 6.07) is 5.13. The van der Waals surface area contributed by atoms with E-state index in [9.17, 15) is 9.59 Å². The quantitative estimate of drug-likeness (QED) is 0.693. The van der Waals surface area contributed by atoms with Crippen LogP contribution < -0.4 is 4.87 Å². The maximum Gasteiger partial charge on any atom is 0.315 e. The Kier molecular flexibility index (Phi) is 2.17. The van der Waals surface area contributed by atoms with Crippen molar-refractivity contribution in [3.05, 3.63) is 32.9 Å². The molecular weight excluding hydrogens is 222 g/mol. The van der Waals surface area contributed by atoms with Crippen LogP contribution in [0.15, 0.2) is 23.0 Å². The predicted octanol–water partition coefficient (Wildman–Crippen LogP) is 2.38. The first-order valence-corrected chi connectivity index (χ1v) is 5.11. The average molecular weight is 228 g/mol. The highest BCUT2D eigenvalue weighted by Crippen LogP contribution is 2.25. The minimum atomic E-state index is -0.291. The van der Waals surface area contributed by atoms with Gasteiger partial charge in [-0.15, -0.1) is 0 Å². The Labute approximate surface area is 88.5 Å². The number of hydrogen-bond donors (Lipinski definition) is 0. The van der Waals surface area contributed by atoms with E-state index in [1.807, 2.05) is 0 Å². The third-order valence-corrected chi connectivity index (χ3v) is 3.29. The molecule has 0 aliphatic carbocycles.